The number of nitrogens with two attached hydrogens (primary N) is 2. The molecule has 1 heterocycles. The molecule has 1 aromatic heterocycles. The maximum atomic E-state index is 6.17. The molecule has 2 rings (SSSR count). The first-order valence-corrected chi connectivity index (χ1v) is 9.44. The summed E-state index contributed by atoms with van der Waals surface area (Å²) in [5.74, 6) is 12.7. The Hall–Kier alpha value is -1.32. The Morgan fingerprint density at radius 1 is 1.21 bits per heavy atom. The lowest BCUT2D eigenvalue weighted by Crippen LogP contribution is -2.40. The van der Waals surface area contributed by atoms with Crippen molar-refractivity contribution in [1.82, 2.24) is 9.97 Å². The number of aryl methyl sites for hydroxylation is 1. The van der Waals surface area contributed by atoms with Crippen LogP contribution in [0, 0.1) is 13.8 Å². The van der Waals surface area contributed by atoms with Crippen LogP contribution >= 0.6 is 23.8 Å². The molecule has 0 unspecified atom stereocenters. The number of rotatable bonds is 8. The van der Waals surface area contributed by atoms with Gasteiger partial charge in [0.05, 0.1) is 0 Å². The van der Waals surface area contributed by atoms with Crippen LogP contribution in [-0.2, 0) is 10.0 Å². The fourth-order valence-electron chi connectivity index (χ4n) is 2.07. The van der Waals surface area contributed by atoms with Gasteiger partial charge in [0.1, 0.15) is 10.4 Å². The lowest BCUT2D eigenvalue weighted by Gasteiger charge is -2.25. The molecule has 0 aliphatic heterocycles. The van der Waals surface area contributed by atoms with Crippen LogP contribution in [0.4, 0.5) is 5.95 Å². The fourth-order valence-corrected chi connectivity index (χ4v) is 3.53. The standard InChI is InChI=1S/C16H23N5OS2/c1-4-14(24-22-18)21(17)16-19-12(3)11(2)15(20-16)23-10-13-8-6-5-7-9-13/h5-9,14H,4,10,17-18H2,1-3H3/t14-/m0/s1. The van der Waals surface area contributed by atoms with Crippen LogP contribution < -0.4 is 16.7 Å². The quantitative estimate of drug-likeness (QED) is 0.184. The monoisotopic (exact) mass is 365 g/mol. The highest BCUT2D eigenvalue weighted by Crippen LogP contribution is 2.28. The van der Waals surface area contributed by atoms with Gasteiger partial charge in [-0.25, -0.2) is 26.0 Å². The van der Waals surface area contributed by atoms with Crippen LogP contribution in [0.2, 0.25) is 0 Å². The molecule has 0 aliphatic carbocycles. The summed E-state index contributed by atoms with van der Waals surface area (Å²) in [6.45, 7) is 6.00. The molecule has 6 nitrogen and oxygen atoms in total. The maximum absolute atomic E-state index is 6.17. The summed E-state index contributed by atoms with van der Waals surface area (Å²) in [5, 5.41) is 2.30. The van der Waals surface area contributed by atoms with E-state index in [0.29, 0.717) is 5.95 Å². The number of hydrogen-bond donors (Lipinski definition) is 2. The normalized spacial score (nSPS) is 12.2. The van der Waals surface area contributed by atoms with Crippen LogP contribution in [-0.4, -0.2) is 15.3 Å². The molecule has 0 saturated carbocycles. The van der Waals surface area contributed by atoms with E-state index in [2.05, 4.69) is 26.4 Å². The summed E-state index contributed by atoms with van der Waals surface area (Å²) in [6.07, 6.45) is 0.751. The third-order valence-electron chi connectivity index (χ3n) is 3.61. The molecular weight excluding hydrogens is 342 g/mol. The van der Waals surface area contributed by atoms with E-state index in [4.69, 9.17) is 11.7 Å². The highest BCUT2D eigenvalue weighted by atomic mass is 32.2. The highest BCUT2D eigenvalue weighted by Gasteiger charge is 2.20. The third-order valence-corrected chi connectivity index (χ3v) is 5.65. The molecule has 0 radical (unpaired) electrons. The maximum Gasteiger partial charge on any atom is 0.242 e. The molecule has 0 bridgehead atoms. The number of benzene rings is 1. The van der Waals surface area contributed by atoms with Crippen molar-refractivity contribution < 1.29 is 4.28 Å². The second-order valence-electron chi connectivity index (χ2n) is 5.28. The molecule has 0 amide bonds. The van der Waals surface area contributed by atoms with Crippen LogP contribution in [0.1, 0.15) is 30.2 Å². The van der Waals surface area contributed by atoms with Crippen LogP contribution in [0.3, 0.4) is 0 Å². The van der Waals surface area contributed by atoms with E-state index >= 15 is 0 Å². The van der Waals surface area contributed by atoms with Crippen molar-refractivity contribution >= 4 is 29.8 Å². The van der Waals surface area contributed by atoms with Gasteiger partial charge in [0.25, 0.3) is 0 Å². The Labute approximate surface area is 151 Å². The summed E-state index contributed by atoms with van der Waals surface area (Å²) in [5.41, 5.74) is 3.24. The predicted molar refractivity (Wildman–Crippen MR) is 101 cm³/mol. The zero-order valence-corrected chi connectivity index (χ0v) is 15.7. The topological polar surface area (TPSA) is 90.3 Å². The van der Waals surface area contributed by atoms with E-state index in [0.717, 1.165) is 40.5 Å². The number of thioether (sulfide) groups is 1. The van der Waals surface area contributed by atoms with Gasteiger partial charge in [0.2, 0.25) is 5.95 Å². The summed E-state index contributed by atoms with van der Waals surface area (Å²) in [6, 6.07) is 10.3. The smallest absolute Gasteiger partial charge is 0.242 e. The van der Waals surface area contributed by atoms with Gasteiger partial charge < -0.3 is 0 Å². The Balaban J connectivity index is 2.21. The van der Waals surface area contributed by atoms with E-state index in [-0.39, 0.29) is 5.37 Å². The lowest BCUT2D eigenvalue weighted by molar-refractivity contribution is 0.391. The van der Waals surface area contributed by atoms with Gasteiger partial charge in [0.15, 0.2) is 0 Å². The molecule has 8 heteroatoms. The molecule has 0 fully saturated rings. The predicted octanol–water partition coefficient (Wildman–Crippen LogP) is 3.34. The molecular formula is C16H23N5OS2. The third kappa shape index (κ3) is 4.84. The zero-order valence-electron chi connectivity index (χ0n) is 14.1. The number of nitrogens with zero attached hydrogens (tertiary/aromatic N) is 3. The Bertz CT molecular complexity index is 656. The Kier molecular flexibility index (Phi) is 7.32. The van der Waals surface area contributed by atoms with Crippen LogP contribution in [0.5, 0.6) is 0 Å². The molecule has 1 aromatic carbocycles. The van der Waals surface area contributed by atoms with Gasteiger partial charge in [-0.1, -0.05) is 37.3 Å². The average Bonchev–Trinajstić information content (AvgIpc) is 2.61. The minimum Gasteiger partial charge on any atom is -0.263 e. The first-order valence-electron chi connectivity index (χ1n) is 7.64. The largest absolute Gasteiger partial charge is 0.263 e. The molecule has 24 heavy (non-hydrogen) atoms. The number of hydrogen-bond acceptors (Lipinski definition) is 8. The van der Waals surface area contributed by atoms with E-state index in [1.165, 1.54) is 10.6 Å². The first-order chi connectivity index (χ1) is 11.6. The van der Waals surface area contributed by atoms with Crippen LogP contribution in [0.25, 0.3) is 0 Å². The lowest BCUT2D eigenvalue weighted by atomic mass is 10.2. The first kappa shape index (κ1) is 19.0. The summed E-state index contributed by atoms with van der Waals surface area (Å²) in [7, 11) is 0. The van der Waals surface area contributed by atoms with Crippen molar-refractivity contribution in [3.63, 3.8) is 0 Å². The highest BCUT2D eigenvalue weighted by molar-refractivity contribution is 7.98. The van der Waals surface area contributed by atoms with Crippen molar-refractivity contribution in [3.8, 4) is 0 Å². The van der Waals surface area contributed by atoms with Gasteiger partial charge >= 0.3 is 0 Å². The van der Waals surface area contributed by atoms with Gasteiger partial charge in [-0.3, -0.25) is 5.01 Å². The molecule has 1 atom stereocenters. The van der Waals surface area contributed by atoms with Crippen molar-refractivity contribution in [2.45, 2.75) is 43.3 Å². The second-order valence-corrected chi connectivity index (χ2v) is 7.17. The number of anilines is 1. The minimum absolute atomic E-state index is 0.149. The van der Waals surface area contributed by atoms with Crippen LogP contribution in [0.15, 0.2) is 35.4 Å². The van der Waals surface area contributed by atoms with Crippen molar-refractivity contribution in [2.24, 2.45) is 11.7 Å². The Morgan fingerprint density at radius 2 is 1.92 bits per heavy atom. The molecule has 4 N–H and O–H groups in total. The number of hydrazine groups is 1. The summed E-state index contributed by atoms with van der Waals surface area (Å²) < 4.78 is 4.66. The average molecular weight is 366 g/mol. The molecule has 0 aliphatic rings. The SMILES string of the molecule is CC[C@H](SON)N(N)c1nc(C)c(C)c(SCc2ccccc2)n1. The van der Waals surface area contributed by atoms with E-state index in [9.17, 15) is 0 Å². The molecule has 0 saturated heterocycles. The van der Waals surface area contributed by atoms with Crippen molar-refractivity contribution in [2.75, 3.05) is 5.01 Å². The van der Waals surface area contributed by atoms with Gasteiger partial charge in [-0.2, -0.15) is 0 Å². The molecule has 2 aromatic rings. The Morgan fingerprint density at radius 3 is 2.54 bits per heavy atom. The van der Waals surface area contributed by atoms with E-state index in [1.807, 2.05) is 39.0 Å². The van der Waals surface area contributed by atoms with Crippen molar-refractivity contribution in [1.29, 1.82) is 0 Å². The summed E-state index contributed by atoms with van der Waals surface area (Å²) >= 11 is 2.78. The van der Waals surface area contributed by atoms with Gasteiger partial charge in [-0.15, -0.1) is 11.8 Å². The number of aromatic nitrogens is 2. The molecule has 0 spiro atoms. The van der Waals surface area contributed by atoms with E-state index in [1.54, 1.807) is 11.8 Å². The fraction of sp³-hybridized carbons (Fsp3) is 0.375. The van der Waals surface area contributed by atoms with Gasteiger partial charge in [0, 0.05) is 29.1 Å². The second kappa shape index (κ2) is 9.24. The van der Waals surface area contributed by atoms with E-state index < -0.39 is 0 Å². The minimum atomic E-state index is -0.149. The summed E-state index contributed by atoms with van der Waals surface area (Å²) in [4.78, 5) is 9.15. The zero-order chi connectivity index (χ0) is 17.5. The van der Waals surface area contributed by atoms with Gasteiger partial charge in [-0.05, 0) is 25.8 Å². The molecule has 130 valence electrons. The van der Waals surface area contributed by atoms with Crippen molar-refractivity contribution in [3.05, 3.63) is 47.2 Å².